The first-order valence-electron chi connectivity index (χ1n) is 14.4. The molecular formula is C30H35ClF2N6O5. The zero-order valence-corrected chi connectivity index (χ0v) is 25.4. The van der Waals surface area contributed by atoms with Gasteiger partial charge in [0.2, 0.25) is 0 Å². The van der Waals surface area contributed by atoms with Crippen molar-refractivity contribution in [3.05, 3.63) is 54.4 Å². The predicted octanol–water partition coefficient (Wildman–Crippen LogP) is 6.17. The van der Waals surface area contributed by atoms with E-state index in [0.717, 1.165) is 25.0 Å². The largest absolute Gasteiger partial charge is 0.487 e. The van der Waals surface area contributed by atoms with Gasteiger partial charge in [0.1, 0.15) is 17.2 Å². The molecule has 14 heteroatoms. The Morgan fingerprint density at radius 2 is 1.89 bits per heavy atom. The van der Waals surface area contributed by atoms with Crippen LogP contribution >= 0.6 is 11.6 Å². The molecule has 4 heterocycles. The number of rotatable bonds is 8. The lowest BCUT2D eigenvalue weighted by Crippen LogP contribution is -2.40. The lowest BCUT2D eigenvalue weighted by Gasteiger charge is -2.26. The molecule has 0 saturated carbocycles. The van der Waals surface area contributed by atoms with E-state index < -0.39 is 23.2 Å². The molecule has 1 unspecified atom stereocenters. The third kappa shape index (κ3) is 8.14. The quantitative estimate of drug-likeness (QED) is 0.283. The Hall–Kier alpha value is -3.97. The van der Waals surface area contributed by atoms with Crippen molar-refractivity contribution < 1.29 is 32.6 Å². The van der Waals surface area contributed by atoms with Crippen molar-refractivity contribution in [3.63, 3.8) is 0 Å². The highest BCUT2D eigenvalue weighted by Crippen LogP contribution is 2.35. The molecule has 0 radical (unpaired) electrons. The van der Waals surface area contributed by atoms with Crippen LogP contribution in [0.15, 0.2) is 48.8 Å². The average Bonchev–Trinajstić information content (AvgIpc) is 3.62. The summed E-state index contributed by atoms with van der Waals surface area (Å²) >= 11 is 4.83. The molecule has 5 rings (SSSR count). The molecule has 0 bridgehead atoms. The first kappa shape index (κ1) is 31.5. The topological polar surface area (TPSA) is 120 Å². The molecule has 2 aliphatic rings. The van der Waals surface area contributed by atoms with E-state index in [4.69, 9.17) is 26.1 Å². The van der Waals surface area contributed by atoms with E-state index in [-0.39, 0.29) is 23.6 Å². The van der Waals surface area contributed by atoms with Gasteiger partial charge in [0.05, 0.1) is 17.3 Å². The third-order valence-electron chi connectivity index (χ3n) is 7.06. The SMILES string of the molecule is CC(C)(C)OC(=O)N[C@@H]1CCN(c2ncc(C(=O)Nc3ccc(OC(F)(F)Cl)cc3)cc2-c2ccnn2C2CCCCO2)C1. The van der Waals surface area contributed by atoms with Crippen LogP contribution in [0, 0.1) is 0 Å². The maximum Gasteiger partial charge on any atom is 0.487 e. The fourth-order valence-electron chi connectivity index (χ4n) is 5.18. The average molecular weight is 633 g/mol. The van der Waals surface area contributed by atoms with Gasteiger partial charge >= 0.3 is 11.7 Å². The van der Waals surface area contributed by atoms with E-state index in [1.165, 1.54) is 30.5 Å². The molecule has 2 aromatic heterocycles. The summed E-state index contributed by atoms with van der Waals surface area (Å²) in [5.74, 6) is 0.0307. The molecule has 2 saturated heterocycles. The molecular weight excluding hydrogens is 598 g/mol. The third-order valence-corrected chi connectivity index (χ3v) is 7.14. The number of carbonyl (C=O) groups excluding carboxylic acids is 2. The highest BCUT2D eigenvalue weighted by atomic mass is 35.5. The van der Waals surface area contributed by atoms with Crippen molar-refractivity contribution in [1.29, 1.82) is 0 Å². The highest BCUT2D eigenvalue weighted by molar-refractivity contribution is 6.20. The molecule has 44 heavy (non-hydrogen) atoms. The minimum Gasteiger partial charge on any atom is -0.444 e. The van der Waals surface area contributed by atoms with Gasteiger partial charge in [-0.15, -0.1) is 8.78 Å². The number of pyridine rings is 1. The van der Waals surface area contributed by atoms with Gasteiger partial charge in [-0.05, 0) is 82.9 Å². The molecule has 2 aliphatic heterocycles. The van der Waals surface area contributed by atoms with Crippen LogP contribution < -0.4 is 20.3 Å². The fraction of sp³-hybridized carbons (Fsp3) is 0.467. The van der Waals surface area contributed by atoms with Crippen molar-refractivity contribution in [2.75, 3.05) is 29.9 Å². The van der Waals surface area contributed by atoms with E-state index in [1.54, 1.807) is 12.3 Å². The Labute approximate surface area is 258 Å². The van der Waals surface area contributed by atoms with E-state index in [2.05, 4.69) is 25.4 Å². The second kappa shape index (κ2) is 12.9. The molecule has 1 aromatic carbocycles. The number of nitrogens with zero attached hydrogens (tertiary/aromatic N) is 4. The van der Waals surface area contributed by atoms with Crippen molar-refractivity contribution >= 4 is 35.1 Å². The number of aromatic nitrogens is 3. The summed E-state index contributed by atoms with van der Waals surface area (Å²) in [5.41, 5.74) is -2.40. The number of amides is 2. The first-order chi connectivity index (χ1) is 20.8. The van der Waals surface area contributed by atoms with Crippen molar-refractivity contribution in [1.82, 2.24) is 20.1 Å². The molecule has 2 atom stereocenters. The zero-order valence-electron chi connectivity index (χ0n) is 24.7. The summed E-state index contributed by atoms with van der Waals surface area (Å²) < 4.78 is 43.5. The minimum absolute atomic E-state index is 0.153. The number of nitrogens with one attached hydrogen (secondary N) is 2. The highest BCUT2D eigenvalue weighted by Gasteiger charge is 2.31. The van der Waals surface area contributed by atoms with Gasteiger partial charge in [0.15, 0.2) is 6.23 Å². The Bertz CT molecular complexity index is 1470. The zero-order chi connectivity index (χ0) is 31.5. The second-order valence-electron chi connectivity index (χ2n) is 11.7. The van der Waals surface area contributed by atoms with Crippen LogP contribution in [-0.4, -0.2) is 63.7 Å². The summed E-state index contributed by atoms with van der Waals surface area (Å²) in [6, 6.07) is 8.85. The van der Waals surface area contributed by atoms with Crippen LogP contribution in [0.25, 0.3) is 11.3 Å². The monoisotopic (exact) mass is 632 g/mol. The standard InChI is InChI=1S/C30H35ClF2N6O5/c1-29(2,3)44-28(41)37-21-12-14-38(18-21)26-23(24-11-13-35-39(24)25-6-4-5-15-42-25)16-19(17-34-26)27(40)36-20-7-9-22(10-8-20)43-30(31,32)33/h7-11,13,16-17,21,25H,4-6,12,14-15,18H2,1-3H3,(H,36,40)(H,37,41)/t21-,25?/m1/s1. The van der Waals surface area contributed by atoms with E-state index in [0.29, 0.717) is 43.2 Å². The molecule has 0 spiro atoms. The number of anilines is 2. The molecule has 0 aliphatic carbocycles. The molecule has 236 valence electrons. The number of alkyl halides is 3. The van der Waals surface area contributed by atoms with Crippen LogP contribution in [0.1, 0.15) is 63.0 Å². The number of hydrogen-bond donors (Lipinski definition) is 2. The van der Waals surface area contributed by atoms with Gasteiger partial charge in [-0.2, -0.15) is 5.10 Å². The summed E-state index contributed by atoms with van der Waals surface area (Å²) in [4.78, 5) is 32.5. The van der Waals surface area contributed by atoms with E-state index >= 15 is 0 Å². The van der Waals surface area contributed by atoms with Gasteiger partial charge in [-0.3, -0.25) is 4.79 Å². The molecule has 2 fully saturated rings. The molecule has 2 N–H and O–H groups in total. The number of hydrogen-bond acceptors (Lipinski definition) is 8. The van der Waals surface area contributed by atoms with Gasteiger partial charge in [0.25, 0.3) is 5.91 Å². The Balaban J connectivity index is 1.40. The van der Waals surface area contributed by atoms with Crippen molar-refractivity contribution in [2.24, 2.45) is 0 Å². The van der Waals surface area contributed by atoms with Crippen LogP contribution in [0.4, 0.5) is 25.1 Å². The number of halogens is 3. The van der Waals surface area contributed by atoms with Gasteiger partial charge in [-0.1, -0.05) is 0 Å². The van der Waals surface area contributed by atoms with Crippen LogP contribution in [0.5, 0.6) is 5.75 Å². The maximum atomic E-state index is 13.3. The number of ether oxygens (including phenoxy) is 3. The maximum absolute atomic E-state index is 13.3. The molecule has 2 amide bonds. The summed E-state index contributed by atoms with van der Waals surface area (Å²) in [5, 5.41) is 10.2. The minimum atomic E-state index is -3.84. The van der Waals surface area contributed by atoms with E-state index in [1.807, 2.05) is 31.5 Å². The van der Waals surface area contributed by atoms with Crippen LogP contribution in [0.2, 0.25) is 0 Å². The number of benzene rings is 1. The lowest BCUT2D eigenvalue weighted by atomic mass is 10.1. The van der Waals surface area contributed by atoms with Crippen LogP contribution in [0.3, 0.4) is 0 Å². The predicted molar refractivity (Wildman–Crippen MR) is 160 cm³/mol. The van der Waals surface area contributed by atoms with Gasteiger partial charge in [0, 0.05) is 54.9 Å². The number of alkyl carbamates (subject to hydrolysis) is 1. The molecule has 3 aromatic rings. The first-order valence-corrected chi connectivity index (χ1v) is 14.8. The smallest absolute Gasteiger partial charge is 0.444 e. The van der Waals surface area contributed by atoms with Crippen molar-refractivity contribution in [3.8, 4) is 17.0 Å². The summed E-state index contributed by atoms with van der Waals surface area (Å²) in [6.07, 6.45) is 5.92. The van der Waals surface area contributed by atoms with Crippen LogP contribution in [-0.2, 0) is 9.47 Å². The van der Waals surface area contributed by atoms with Crippen molar-refractivity contribution in [2.45, 2.75) is 69.9 Å². The fourth-order valence-corrected chi connectivity index (χ4v) is 5.27. The lowest BCUT2D eigenvalue weighted by molar-refractivity contribution is -0.0964. The van der Waals surface area contributed by atoms with Gasteiger partial charge in [-0.25, -0.2) is 14.5 Å². The van der Waals surface area contributed by atoms with E-state index in [9.17, 15) is 18.4 Å². The second-order valence-corrected chi connectivity index (χ2v) is 12.1. The number of carbonyl (C=O) groups is 2. The Kier molecular flexibility index (Phi) is 9.26. The molecule has 11 nitrogen and oxygen atoms in total. The Morgan fingerprint density at radius 3 is 2.57 bits per heavy atom. The van der Waals surface area contributed by atoms with Gasteiger partial charge < -0.3 is 29.7 Å². The summed E-state index contributed by atoms with van der Waals surface area (Å²) in [6.45, 7) is 7.19. The Morgan fingerprint density at radius 1 is 1.11 bits per heavy atom. The normalized spacial score (nSPS) is 19.0. The summed E-state index contributed by atoms with van der Waals surface area (Å²) in [7, 11) is 0.